The highest BCUT2D eigenvalue weighted by Crippen LogP contribution is 2.29. The zero-order valence-electron chi connectivity index (χ0n) is 10.9. The van der Waals surface area contributed by atoms with Crippen molar-refractivity contribution in [2.75, 3.05) is 30.4 Å². The summed E-state index contributed by atoms with van der Waals surface area (Å²) >= 11 is 0. The third kappa shape index (κ3) is 2.23. The van der Waals surface area contributed by atoms with Crippen LogP contribution in [-0.2, 0) is 4.79 Å². The molecular weight excluding hydrogens is 232 g/mol. The Morgan fingerprint density at radius 3 is 2.83 bits per heavy atom. The zero-order valence-corrected chi connectivity index (χ0v) is 10.9. The van der Waals surface area contributed by atoms with Crippen LogP contribution in [0.2, 0.25) is 0 Å². The van der Waals surface area contributed by atoms with Crippen molar-refractivity contribution in [3.8, 4) is 0 Å². The molecule has 0 saturated carbocycles. The Morgan fingerprint density at radius 1 is 1.56 bits per heavy atom. The molecule has 18 heavy (non-hydrogen) atoms. The van der Waals surface area contributed by atoms with Crippen molar-refractivity contribution in [1.82, 2.24) is 9.97 Å². The molecule has 1 aliphatic rings. The summed E-state index contributed by atoms with van der Waals surface area (Å²) in [6, 6.07) is 1.79. The molecule has 0 aromatic carbocycles. The second-order valence-corrected chi connectivity index (χ2v) is 4.78. The molecule has 0 aliphatic carbocycles. The Balaban J connectivity index is 2.22. The molecule has 6 nitrogen and oxygen atoms in total. The molecule has 2 unspecified atom stereocenters. The largest absolute Gasteiger partial charge is 0.481 e. The molecule has 0 bridgehead atoms. The topological polar surface area (TPSA) is 69.6 Å². The molecule has 2 heterocycles. The molecule has 2 atom stereocenters. The number of anilines is 2. The number of aromatic nitrogens is 2. The van der Waals surface area contributed by atoms with Gasteiger partial charge in [0.15, 0.2) is 0 Å². The van der Waals surface area contributed by atoms with E-state index in [1.807, 2.05) is 36.9 Å². The molecule has 1 aromatic heterocycles. The van der Waals surface area contributed by atoms with E-state index in [0.717, 1.165) is 12.4 Å². The highest BCUT2D eigenvalue weighted by Gasteiger charge is 2.36. The molecule has 98 valence electrons. The molecule has 1 aromatic rings. The molecule has 1 N–H and O–H groups in total. The van der Waals surface area contributed by atoms with E-state index in [4.69, 9.17) is 5.11 Å². The van der Waals surface area contributed by atoms with Crippen molar-refractivity contribution in [3.05, 3.63) is 12.3 Å². The smallest absolute Gasteiger partial charge is 0.308 e. The van der Waals surface area contributed by atoms with E-state index in [1.165, 1.54) is 0 Å². The van der Waals surface area contributed by atoms with Gasteiger partial charge in [-0.25, -0.2) is 4.98 Å². The summed E-state index contributed by atoms with van der Waals surface area (Å²) in [7, 11) is 3.76. The summed E-state index contributed by atoms with van der Waals surface area (Å²) in [4.78, 5) is 23.6. The van der Waals surface area contributed by atoms with Crippen LogP contribution in [0.15, 0.2) is 12.3 Å². The first kappa shape index (κ1) is 12.6. The predicted molar refractivity (Wildman–Crippen MR) is 68.9 cm³/mol. The van der Waals surface area contributed by atoms with Gasteiger partial charge in [0, 0.05) is 32.9 Å². The predicted octanol–water partition coefficient (Wildman–Crippen LogP) is 0.842. The lowest BCUT2D eigenvalue weighted by Crippen LogP contribution is -2.33. The molecular formula is C12H18N4O2. The Kier molecular flexibility index (Phi) is 3.36. The average molecular weight is 250 g/mol. The van der Waals surface area contributed by atoms with Gasteiger partial charge in [0.05, 0.1) is 5.92 Å². The van der Waals surface area contributed by atoms with Crippen molar-refractivity contribution in [1.29, 1.82) is 0 Å². The van der Waals surface area contributed by atoms with E-state index in [1.54, 1.807) is 6.20 Å². The van der Waals surface area contributed by atoms with E-state index >= 15 is 0 Å². The fourth-order valence-electron chi connectivity index (χ4n) is 2.31. The summed E-state index contributed by atoms with van der Waals surface area (Å²) in [5.74, 6) is 0.387. The van der Waals surface area contributed by atoms with Gasteiger partial charge in [0.2, 0.25) is 5.95 Å². The lowest BCUT2D eigenvalue weighted by molar-refractivity contribution is -0.141. The number of hydrogen-bond acceptors (Lipinski definition) is 5. The SMILES string of the molecule is CC1C(C(=O)O)CCN1c1ccnc(N(C)C)n1. The molecule has 0 amide bonds. The monoisotopic (exact) mass is 250 g/mol. The Bertz CT molecular complexity index is 449. The first-order valence-electron chi connectivity index (χ1n) is 6.00. The second kappa shape index (κ2) is 4.80. The number of aliphatic carboxylic acids is 1. The van der Waals surface area contributed by atoms with E-state index in [0.29, 0.717) is 12.4 Å². The fraction of sp³-hybridized carbons (Fsp3) is 0.583. The second-order valence-electron chi connectivity index (χ2n) is 4.78. The van der Waals surface area contributed by atoms with Gasteiger partial charge >= 0.3 is 5.97 Å². The van der Waals surface area contributed by atoms with Crippen LogP contribution in [0.25, 0.3) is 0 Å². The number of nitrogens with zero attached hydrogens (tertiary/aromatic N) is 4. The van der Waals surface area contributed by atoms with Crippen LogP contribution in [0.3, 0.4) is 0 Å². The number of carboxylic acids is 1. The van der Waals surface area contributed by atoms with Crippen LogP contribution in [0.4, 0.5) is 11.8 Å². The number of carboxylic acid groups (broad SMARTS) is 1. The minimum absolute atomic E-state index is 0.0348. The average Bonchev–Trinajstić information content (AvgIpc) is 2.71. The van der Waals surface area contributed by atoms with Gasteiger partial charge in [0.1, 0.15) is 5.82 Å². The van der Waals surface area contributed by atoms with Gasteiger partial charge in [-0.3, -0.25) is 4.79 Å². The first-order valence-corrected chi connectivity index (χ1v) is 6.00. The Labute approximate surface area is 106 Å². The number of carbonyl (C=O) groups is 1. The summed E-state index contributed by atoms with van der Waals surface area (Å²) in [5, 5.41) is 9.12. The maximum absolute atomic E-state index is 11.1. The third-order valence-corrected chi connectivity index (χ3v) is 3.39. The van der Waals surface area contributed by atoms with Crippen LogP contribution in [0.1, 0.15) is 13.3 Å². The minimum Gasteiger partial charge on any atom is -0.481 e. The molecule has 0 radical (unpaired) electrons. The maximum atomic E-state index is 11.1. The standard InChI is InChI=1S/C12H18N4O2/c1-8-9(11(17)18)5-7-16(8)10-4-6-13-12(14-10)15(2)3/h4,6,8-9H,5,7H2,1-3H3,(H,17,18). The van der Waals surface area contributed by atoms with Crippen LogP contribution in [0.5, 0.6) is 0 Å². The minimum atomic E-state index is -0.730. The molecule has 1 fully saturated rings. The highest BCUT2D eigenvalue weighted by atomic mass is 16.4. The molecule has 1 aliphatic heterocycles. The van der Waals surface area contributed by atoms with E-state index in [9.17, 15) is 4.79 Å². The van der Waals surface area contributed by atoms with Crippen LogP contribution in [-0.4, -0.2) is 47.7 Å². The Morgan fingerprint density at radius 2 is 2.28 bits per heavy atom. The Hall–Kier alpha value is -1.85. The van der Waals surface area contributed by atoms with Gasteiger partial charge in [0.25, 0.3) is 0 Å². The fourth-order valence-corrected chi connectivity index (χ4v) is 2.31. The molecule has 2 rings (SSSR count). The lowest BCUT2D eigenvalue weighted by atomic mass is 10.0. The van der Waals surface area contributed by atoms with Gasteiger partial charge in [-0.2, -0.15) is 4.98 Å². The van der Waals surface area contributed by atoms with Gasteiger partial charge in [-0.15, -0.1) is 0 Å². The van der Waals surface area contributed by atoms with Crippen molar-refractivity contribution in [2.45, 2.75) is 19.4 Å². The van der Waals surface area contributed by atoms with Crippen molar-refractivity contribution < 1.29 is 9.90 Å². The zero-order chi connectivity index (χ0) is 13.3. The van der Waals surface area contributed by atoms with Gasteiger partial charge in [-0.1, -0.05) is 0 Å². The summed E-state index contributed by atoms with van der Waals surface area (Å²) in [6.45, 7) is 2.66. The van der Waals surface area contributed by atoms with Crippen LogP contribution < -0.4 is 9.80 Å². The van der Waals surface area contributed by atoms with Crippen LogP contribution in [0, 0.1) is 5.92 Å². The van der Waals surface area contributed by atoms with Crippen molar-refractivity contribution in [2.24, 2.45) is 5.92 Å². The third-order valence-electron chi connectivity index (χ3n) is 3.39. The summed E-state index contributed by atoms with van der Waals surface area (Å²) in [5.41, 5.74) is 0. The van der Waals surface area contributed by atoms with Gasteiger partial charge < -0.3 is 14.9 Å². The normalized spacial score (nSPS) is 23.2. The first-order chi connectivity index (χ1) is 8.50. The highest BCUT2D eigenvalue weighted by molar-refractivity contribution is 5.72. The number of rotatable bonds is 3. The van der Waals surface area contributed by atoms with E-state index < -0.39 is 5.97 Å². The lowest BCUT2D eigenvalue weighted by Gasteiger charge is -2.25. The number of hydrogen-bond donors (Lipinski definition) is 1. The molecule has 1 saturated heterocycles. The van der Waals surface area contributed by atoms with Gasteiger partial charge in [-0.05, 0) is 19.4 Å². The molecule has 6 heteroatoms. The quantitative estimate of drug-likeness (QED) is 0.857. The maximum Gasteiger partial charge on any atom is 0.308 e. The van der Waals surface area contributed by atoms with E-state index in [-0.39, 0.29) is 12.0 Å². The van der Waals surface area contributed by atoms with Crippen LogP contribution >= 0.6 is 0 Å². The summed E-state index contributed by atoms with van der Waals surface area (Å²) in [6.07, 6.45) is 2.37. The van der Waals surface area contributed by atoms with E-state index in [2.05, 4.69) is 9.97 Å². The van der Waals surface area contributed by atoms with Crippen molar-refractivity contribution >= 4 is 17.7 Å². The summed E-state index contributed by atoms with van der Waals surface area (Å²) < 4.78 is 0. The van der Waals surface area contributed by atoms with Crippen molar-refractivity contribution in [3.63, 3.8) is 0 Å². The molecule has 0 spiro atoms.